The molecule has 94 heavy (non-hydrogen) atoms. The summed E-state index contributed by atoms with van der Waals surface area (Å²) in [6.07, 6.45) is 0. The highest BCUT2D eigenvalue weighted by atomic mass is 79.9. The van der Waals surface area contributed by atoms with Gasteiger partial charge in [0.15, 0.2) is 0 Å². The second kappa shape index (κ2) is 23.6. The van der Waals surface area contributed by atoms with Crippen molar-refractivity contribution in [3.8, 4) is 77.9 Å². The molecule has 0 saturated heterocycles. The standard InChI is InChI=1S/C45H32.C25H19Br.C20H15BO2/c1-45(2)43-14-8-7-13-40(43)41-24-23-35(28-44(41)45)34-22-21-32-25-31(19-20-33(32)26-34)29-15-17-30(18-16-29)42-27-36-9-3-4-10-37(36)38-11-5-6-12-39(38)42;1-25(2)23-6-4-3-5-21(23)22-12-10-19(15-24(22)25)16-7-8-18-14-20(26)11-9-17(18)13-16;22-21(23)16-11-9-14(10-12-16)20-13-15-5-1-2-6-17(15)18-7-3-4-8-19(18)20/h3-28H,1-2H3;3-15H,1-2H3;1-13,22-23H. The summed E-state index contributed by atoms with van der Waals surface area (Å²) in [5.74, 6) is 0. The first-order chi connectivity index (χ1) is 45.8. The van der Waals surface area contributed by atoms with Crippen molar-refractivity contribution in [2.75, 3.05) is 0 Å². The molecule has 0 unspecified atom stereocenters. The summed E-state index contributed by atoms with van der Waals surface area (Å²) in [6.45, 7) is 9.36. The lowest BCUT2D eigenvalue weighted by atomic mass is 9.79. The summed E-state index contributed by atoms with van der Waals surface area (Å²) in [5, 5.41) is 33.6. The number of halogens is 1. The van der Waals surface area contributed by atoms with Crippen LogP contribution in [0.15, 0.2) is 320 Å². The Bertz CT molecular complexity index is 5660. The fraction of sp³-hybridized carbons (Fsp3) is 0.0667. The molecule has 18 rings (SSSR count). The maximum absolute atomic E-state index is 9.25. The van der Waals surface area contributed by atoms with Crippen molar-refractivity contribution in [3.05, 3.63) is 342 Å². The van der Waals surface area contributed by atoms with Crippen LogP contribution in [-0.4, -0.2) is 17.2 Å². The van der Waals surface area contributed by atoms with Gasteiger partial charge in [-0.1, -0.05) is 304 Å². The van der Waals surface area contributed by atoms with Crippen molar-refractivity contribution < 1.29 is 10.0 Å². The zero-order chi connectivity index (χ0) is 63.8. The van der Waals surface area contributed by atoms with Crippen molar-refractivity contribution in [2.45, 2.75) is 38.5 Å². The molecule has 2 N–H and O–H groups in total. The molecule has 16 aromatic carbocycles. The van der Waals surface area contributed by atoms with E-state index in [1.165, 1.54) is 154 Å². The molecule has 0 heterocycles. The summed E-state index contributed by atoms with van der Waals surface area (Å²) in [4.78, 5) is 0. The molecule has 0 aromatic heterocycles. The van der Waals surface area contributed by atoms with E-state index in [2.05, 4.69) is 323 Å². The Balaban J connectivity index is 0.000000121. The molecule has 0 bridgehead atoms. The number of rotatable bonds is 6. The molecule has 4 heteroatoms. The Labute approximate surface area is 558 Å². The van der Waals surface area contributed by atoms with Crippen LogP contribution in [0.25, 0.3) is 143 Å². The first kappa shape index (κ1) is 58.6. The highest BCUT2D eigenvalue weighted by molar-refractivity contribution is 9.10. The Morgan fingerprint density at radius 2 is 0.553 bits per heavy atom. The predicted octanol–water partition coefficient (Wildman–Crippen LogP) is 23.4. The lowest BCUT2D eigenvalue weighted by Crippen LogP contribution is -2.29. The summed E-state index contributed by atoms with van der Waals surface area (Å²) in [7, 11) is -1.43. The van der Waals surface area contributed by atoms with Gasteiger partial charge in [0.25, 0.3) is 0 Å². The molecule has 0 fully saturated rings. The minimum Gasteiger partial charge on any atom is -0.423 e. The fourth-order valence-corrected chi connectivity index (χ4v) is 15.4. The third-order valence-corrected chi connectivity index (χ3v) is 20.6. The molecule has 16 aromatic rings. The Hall–Kier alpha value is -10.5. The van der Waals surface area contributed by atoms with E-state index in [1.54, 1.807) is 12.1 Å². The van der Waals surface area contributed by atoms with Crippen molar-refractivity contribution >= 4 is 93.1 Å². The van der Waals surface area contributed by atoms with Gasteiger partial charge in [-0.15, -0.1) is 0 Å². The minimum atomic E-state index is -1.43. The van der Waals surface area contributed by atoms with Gasteiger partial charge in [-0.05, 0) is 225 Å². The second-order valence-electron chi connectivity index (χ2n) is 26.3. The van der Waals surface area contributed by atoms with Crippen molar-refractivity contribution in [2.24, 2.45) is 0 Å². The maximum atomic E-state index is 9.25. The van der Waals surface area contributed by atoms with Crippen LogP contribution in [-0.2, 0) is 10.8 Å². The van der Waals surface area contributed by atoms with Gasteiger partial charge in [0.2, 0.25) is 0 Å². The number of hydrogen-bond donors (Lipinski definition) is 2. The molecule has 448 valence electrons. The number of hydrogen-bond acceptors (Lipinski definition) is 2. The zero-order valence-corrected chi connectivity index (χ0v) is 54.5. The Morgan fingerprint density at radius 3 is 1.01 bits per heavy atom. The summed E-state index contributed by atoms with van der Waals surface area (Å²) < 4.78 is 1.12. The van der Waals surface area contributed by atoms with E-state index >= 15 is 0 Å². The van der Waals surface area contributed by atoms with Crippen LogP contribution in [0, 0.1) is 0 Å². The molecule has 2 aliphatic rings. The zero-order valence-electron chi connectivity index (χ0n) is 52.9. The first-order valence-corrected chi connectivity index (χ1v) is 33.2. The molecule has 0 amide bonds. The van der Waals surface area contributed by atoms with E-state index < -0.39 is 7.12 Å². The van der Waals surface area contributed by atoms with Crippen molar-refractivity contribution in [1.82, 2.24) is 0 Å². The topological polar surface area (TPSA) is 40.5 Å². The van der Waals surface area contributed by atoms with Crippen LogP contribution in [0.4, 0.5) is 0 Å². The monoisotopic (exact) mass is 1270 g/mol. The Morgan fingerprint density at radius 1 is 0.234 bits per heavy atom. The molecule has 0 spiro atoms. The van der Waals surface area contributed by atoms with E-state index in [0.29, 0.717) is 5.46 Å². The third kappa shape index (κ3) is 10.4. The number of fused-ring (bicyclic) bond motifs is 14. The molecular formula is C90H66BBrO2. The van der Waals surface area contributed by atoms with Gasteiger partial charge in [-0.3, -0.25) is 0 Å². The molecule has 2 nitrogen and oxygen atoms in total. The van der Waals surface area contributed by atoms with Gasteiger partial charge >= 0.3 is 7.12 Å². The second-order valence-corrected chi connectivity index (χ2v) is 27.2. The molecule has 0 aliphatic heterocycles. The quantitative estimate of drug-likeness (QED) is 0.129. The summed E-state index contributed by atoms with van der Waals surface area (Å²) in [5.41, 5.74) is 24.0. The van der Waals surface area contributed by atoms with Gasteiger partial charge in [-0.25, -0.2) is 0 Å². The van der Waals surface area contributed by atoms with E-state index in [-0.39, 0.29) is 10.8 Å². The molecule has 0 atom stereocenters. The predicted molar refractivity (Wildman–Crippen MR) is 404 cm³/mol. The maximum Gasteiger partial charge on any atom is 0.488 e. The lowest BCUT2D eigenvalue weighted by Gasteiger charge is -2.22. The SMILES string of the molecule is CC1(C)c2ccccc2-c2ccc(-c3ccc4cc(-c5ccc(-c6cc7ccccc7c7ccccc67)cc5)ccc4c3)cc21.CC1(C)c2ccccc2-c2ccc(-c3ccc4cc(Br)ccc4c3)cc21.OB(O)c1ccc(-c2cc3ccccc3c3ccccc23)cc1. The van der Waals surface area contributed by atoms with Crippen LogP contribution in [0.5, 0.6) is 0 Å². The van der Waals surface area contributed by atoms with Crippen molar-refractivity contribution in [1.29, 1.82) is 0 Å². The van der Waals surface area contributed by atoms with E-state index in [1.807, 2.05) is 24.3 Å². The fourth-order valence-electron chi connectivity index (χ4n) is 15.0. The summed E-state index contributed by atoms with van der Waals surface area (Å²) in [6, 6.07) is 114. The summed E-state index contributed by atoms with van der Waals surface area (Å²) >= 11 is 3.56. The molecular weight excluding hydrogens is 1200 g/mol. The molecule has 0 saturated carbocycles. The largest absolute Gasteiger partial charge is 0.488 e. The van der Waals surface area contributed by atoms with Gasteiger partial charge in [0, 0.05) is 15.3 Å². The average Bonchev–Trinajstić information content (AvgIpc) is 1.55. The van der Waals surface area contributed by atoms with Gasteiger partial charge < -0.3 is 10.0 Å². The lowest BCUT2D eigenvalue weighted by molar-refractivity contribution is 0.426. The normalized spacial score (nSPS) is 13.0. The Kier molecular flexibility index (Phi) is 14.7. The third-order valence-electron chi connectivity index (χ3n) is 20.1. The van der Waals surface area contributed by atoms with Crippen LogP contribution in [0.1, 0.15) is 49.9 Å². The van der Waals surface area contributed by atoms with Crippen LogP contribution in [0.3, 0.4) is 0 Å². The van der Waals surface area contributed by atoms with Crippen molar-refractivity contribution in [3.63, 3.8) is 0 Å². The van der Waals surface area contributed by atoms with Crippen LogP contribution >= 0.6 is 15.9 Å². The van der Waals surface area contributed by atoms with Gasteiger partial charge in [0.05, 0.1) is 0 Å². The smallest absolute Gasteiger partial charge is 0.423 e. The van der Waals surface area contributed by atoms with E-state index in [0.717, 1.165) is 15.6 Å². The van der Waals surface area contributed by atoms with Gasteiger partial charge in [-0.2, -0.15) is 0 Å². The van der Waals surface area contributed by atoms with E-state index in [4.69, 9.17) is 0 Å². The molecule has 2 aliphatic carbocycles. The van der Waals surface area contributed by atoms with Gasteiger partial charge in [0.1, 0.15) is 0 Å². The average molecular weight is 1270 g/mol. The van der Waals surface area contributed by atoms with Crippen LogP contribution < -0.4 is 5.46 Å². The van der Waals surface area contributed by atoms with Crippen LogP contribution in [0.2, 0.25) is 0 Å². The first-order valence-electron chi connectivity index (χ1n) is 32.4. The minimum absolute atomic E-state index is 0.00460. The van der Waals surface area contributed by atoms with E-state index in [9.17, 15) is 10.0 Å². The highest BCUT2D eigenvalue weighted by Crippen LogP contribution is 2.51. The number of benzene rings is 16. The highest BCUT2D eigenvalue weighted by Gasteiger charge is 2.36. The molecule has 0 radical (unpaired) electrons.